The third-order valence-corrected chi connectivity index (χ3v) is 7.79. The number of rotatable bonds is 12. The Morgan fingerprint density at radius 1 is 0.851 bits per heavy atom. The second-order valence-electron chi connectivity index (χ2n) is 10.8. The fourth-order valence-electron chi connectivity index (χ4n) is 5.29. The SMILES string of the molecule is COC(=O)CC[C@@H](NC(=O)c1c(C)[nH]c(/C=C2\C(=O)Nc3ccc(C(=O)N[C@@H](Cc4ccccc4)C(=O)OC)cc32)c1C)C(=O)OC. The highest BCUT2D eigenvalue weighted by atomic mass is 16.5. The smallest absolute Gasteiger partial charge is 0.328 e. The molecule has 0 aliphatic carbocycles. The maximum absolute atomic E-state index is 13.3. The van der Waals surface area contributed by atoms with Gasteiger partial charge in [-0.15, -0.1) is 0 Å². The van der Waals surface area contributed by atoms with Crippen LogP contribution in [0.15, 0.2) is 48.5 Å². The summed E-state index contributed by atoms with van der Waals surface area (Å²) in [6.07, 6.45) is 1.67. The zero-order chi connectivity index (χ0) is 34.2. The lowest BCUT2D eigenvalue weighted by Gasteiger charge is -2.17. The molecule has 2 atom stereocenters. The van der Waals surface area contributed by atoms with Gasteiger partial charge in [0.15, 0.2) is 0 Å². The van der Waals surface area contributed by atoms with Crippen molar-refractivity contribution in [3.63, 3.8) is 0 Å². The lowest BCUT2D eigenvalue weighted by atomic mass is 10.0. The van der Waals surface area contributed by atoms with E-state index in [4.69, 9.17) is 9.47 Å². The van der Waals surface area contributed by atoms with Crippen molar-refractivity contribution < 1.29 is 43.0 Å². The normalized spacial score (nSPS) is 14.0. The molecule has 246 valence electrons. The second-order valence-corrected chi connectivity index (χ2v) is 10.8. The van der Waals surface area contributed by atoms with Crippen LogP contribution in [0.4, 0.5) is 5.69 Å². The molecule has 0 bridgehead atoms. The first-order valence-corrected chi connectivity index (χ1v) is 14.7. The Hall–Kier alpha value is -5.72. The maximum Gasteiger partial charge on any atom is 0.328 e. The molecule has 2 aromatic carbocycles. The average Bonchev–Trinajstić information content (AvgIpc) is 3.54. The summed E-state index contributed by atoms with van der Waals surface area (Å²) in [6, 6.07) is 11.9. The number of H-pyrrole nitrogens is 1. The van der Waals surface area contributed by atoms with Crippen LogP contribution in [0.3, 0.4) is 0 Å². The van der Waals surface area contributed by atoms with Crippen molar-refractivity contribution in [3.8, 4) is 0 Å². The monoisotopic (exact) mass is 644 g/mol. The first-order chi connectivity index (χ1) is 22.5. The summed E-state index contributed by atoms with van der Waals surface area (Å²) in [6.45, 7) is 3.35. The number of aromatic amines is 1. The first kappa shape index (κ1) is 34.2. The van der Waals surface area contributed by atoms with Crippen molar-refractivity contribution in [2.24, 2.45) is 0 Å². The minimum atomic E-state index is -1.09. The quantitative estimate of drug-likeness (QED) is 0.131. The Balaban J connectivity index is 1.58. The van der Waals surface area contributed by atoms with Gasteiger partial charge in [-0.3, -0.25) is 19.2 Å². The zero-order valence-electron chi connectivity index (χ0n) is 26.6. The molecule has 0 unspecified atom stereocenters. The summed E-state index contributed by atoms with van der Waals surface area (Å²) in [5.74, 6) is -3.38. The highest BCUT2D eigenvalue weighted by molar-refractivity contribution is 6.35. The number of benzene rings is 2. The van der Waals surface area contributed by atoms with Crippen LogP contribution in [-0.2, 0) is 39.8 Å². The van der Waals surface area contributed by atoms with E-state index in [9.17, 15) is 28.8 Å². The van der Waals surface area contributed by atoms with Gasteiger partial charge in [-0.05, 0) is 55.7 Å². The Morgan fingerprint density at radius 3 is 2.17 bits per heavy atom. The van der Waals surface area contributed by atoms with Crippen LogP contribution in [0.1, 0.15) is 61.6 Å². The molecule has 0 fully saturated rings. The number of aryl methyl sites for hydroxylation is 1. The molecule has 13 nitrogen and oxygen atoms in total. The highest BCUT2D eigenvalue weighted by Gasteiger charge is 2.30. The zero-order valence-corrected chi connectivity index (χ0v) is 26.6. The van der Waals surface area contributed by atoms with Gasteiger partial charge < -0.3 is 35.1 Å². The predicted octanol–water partition coefficient (Wildman–Crippen LogP) is 2.86. The third kappa shape index (κ3) is 7.93. The summed E-state index contributed by atoms with van der Waals surface area (Å²) in [5, 5.41) is 8.13. The van der Waals surface area contributed by atoms with Gasteiger partial charge >= 0.3 is 17.9 Å². The van der Waals surface area contributed by atoms with E-state index in [1.54, 1.807) is 38.1 Å². The molecule has 3 aromatic rings. The summed E-state index contributed by atoms with van der Waals surface area (Å²) >= 11 is 0. The third-order valence-electron chi connectivity index (χ3n) is 7.79. The number of methoxy groups -OCH3 is 3. The molecule has 3 amide bonds. The molecule has 0 saturated heterocycles. The van der Waals surface area contributed by atoms with Crippen LogP contribution in [-0.4, -0.2) is 74.0 Å². The molecule has 4 N–H and O–H groups in total. The minimum Gasteiger partial charge on any atom is -0.469 e. The van der Waals surface area contributed by atoms with Crippen LogP contribution < -0.4 is 16.0 Å². The topological polar surface area (TPSA) is 182 Å². The van der Waals surface area contributed by atoms with Crippen LogP contribution in [0, 0.1) is 13.8 Å². The van der Waals surface area contributed by atoms with E-state index >= 15 is 0 Å². The number of aromatic nitrogens is 1. The van der Waals surface area contributed by atoms with Crippen molar-refractivity contribution in [1.29, 1.82) is 0 Å². The molecular weight excluding hydrogens is 608 g/mol. The number of anilines is 1. The standard InChI is InChI=1S/C34H36N4O9/c1-18-26(35-19(2)29(18)32(42)37-25(33(43)46-4)13-14-28(39)45-3)17-23-22-16-21(11-12-24(22)36-31(23)41)30(40)38-27(34(44)47-5)15-20-9-7-6-8-10-20/h6-12,16-17,25,27,35H,13-15H2,1-5H3,(H,36,41)(H,37,42)(H,38,40)/b23-17-/t25-,27+/m1/s1. The number of carbonyl (C=O) groups is 6. The molecule has 47 heavy (non-hydrogen) atoms. The van der Waals surface area contributed by atoms with Crippen molar-refractivity contribution in [2.45, 2.75) is 45.2 Å². The van der Waals surface area contributed by atoms with Gasteiger partial charge in [0.05, 0.1) is 32.5 Å². The van der Waals surface area contributed by atoms with Crippen LogP contribution in [0.2, 0.25) is 0 Å². The fraction of sp³-hybridized carbons (Fsp3) is 0.294. The number of nitrogens with one attached hydrogen (secondary N) is 4. The summed E-state index contributed by atoms with van der Waals surface area (Å²) in [5.41, 5.74) is 3.91. The number of esters is 3. The summed E-state index contributed by atoms with van der Waals surface area (Å²) in [4.78, 5) is 79.2. The van der Waals surface area contributed by atoms with Crippen molar-refractivity contribution >= 4 is 53.0 Å². The van der Waals surface area contributed by atoms with E-state index in [2.05, 4.69) is 25.7 Å². The number of fused-ring (bicyclic) bond motifs is 1. The predicted molar refractivity (Wildman–Crippen MR) is 171 cm³/mol. The van der Waals surface area contributed by atoms with Crippen LogP contribution >= 0.6 is 0 Å². The second kappa shape index (κ2) is 15.0. The van der Waals surface area contributed by atoms with Gasteiger partial charge in [0.1, 0.15) is 12.1 Å². The molecular formula is C34H36N4O9. The molecule has 2 heterocycles. The number of carbonyl (C=O) groups excluding carboxylic acids is 6. The number of hydrogen-bond donors (Lipinski definition) is 4. The van der Waals surface area contributed by atoms with Gasteiger partial charge in [-0.1, -0.05) is 30.3 Å². The lowest BCUT2D eigenvalue weighted by molar-refractivity contribution is -0.145. The van der Waals surface area contributed by atoms with E-state index in [-0.39, 0.29) is 36.0 Å². The maximum atomic E-state index is 13.3. The van der Waals surface area contributed by atoms with E-state index in [0.717, 1.165) is 5.56 Å². The lowest BCUT2D eigenvalue weighted by Crippen LogP contribution is -2.43. The molecule has 0 radical (unpaired) electrons. The van der Waals surface area contributed by atoms with Gasteiger partial charge in [0, 0.05) is 41.0 Å². The van der Waals surface area contributed by atoms with E-state index < -0.39 is 47.7 Å². The summed E-state index contributed by atoms with van der Waals surface area (Å²) in [7, 11) is 3.65. The molecule has 4 rings (SSSR count). The molecule has 0 saturated carbocycles. The summed E-state index contributed by atoms with van der Waals surface area (Å²) < 4.78 is 14.3. The van der Waals surface area contributed by atoms with E-state index in [1.807, 2.05) is 30.3 Å². The molecule has 1 aliphatic heterocycles. The molecule has 1 aromatic heterocycles. The van der Waals surface area contributed by atoms with Crippen molar-refractivity contribution in [1.82, 2.24) is 15.6 Å². The largest absolute Gasteiger partial charge is 0.469 e. The number of ether oxygens (including phenoxy) is 3. The molecule has 1 aliphatic rings. The van der Waals surface area contributed by atoms with Gasteiger partial charge in [-0.2, -0.15) is 0 Å². The number of hydrogen-bond acceptors (Lipinski definition) is 9. The van der Waals surface area contributed by atoms with Gasteiger partial charge in [-0.25, -0.2) is 9.59 Å². The van der Waals surface area contributed by atoms with Crippen molar-refractivity contribution in [2.75, 3.05) is 26.6 Å². The van der Waals surface area contributed by atoms with Crippen LogP contribution in [0.5, 0.6) is 0 Å². The first-order valence-electron chi connectivity index (χ1n) is 14.7. The Bertz CT molecular complexity index is 1740. The fourth-order valence-corrected chi connectivity index (χ4v) is 5.29. The minimum absolute atomic E-state index is 0.0238. The van der Waals surface area contributed by atoms with Crippen molar-refractivity contribution in [3.05, 3.63) is 87.7 Å². The van der Waals surface area contributed by atoms with Crippen LogP contribution in [0.25, 0.3) is 11.6 Å². The van der Waals surface area contributed by atoms with Gasteiger partial charge in [0.2, 0.25) is 0 Å². The number of amides is 3. The van der Waals surface area contributed by atoms with E-state index in [1.165, 1.54) is 21.3 Å². The highest BCUT2D eigenvalue weighted by Crippen LogP contribution is 2.35. The molecule has 0 spiro atoms. The molecule has 13 heteroatoms. The Morgan fingerprint density at radius 2 is 1.51 bits per heavy atom. The Labute approximate surface area is 271 Å². The average molecular weight is 645 g/mol. The Kier molecular flexibility index (Phi) is 10.9. The van der Waals surface area contributed by atoms with E-state index in [0.29, 0.717) is 28.2 Å². The van der Waals surface area contributed by atoms with Gasteiger partial charge in [0.25, 0.3) is 17.7 Å².